The highest BCUT2D eigenvalue weighted by atomic mass is 16.4. The van der Waals surface area contributed by atoms with Crippen molar-refractivity contribution < 1.29 is 71.2 Å². The lowest BCUT2D eigenvalue weighted by molar-refractivity contribution is -0.137. The van der Waals surface area contributed by atoms with Gasteiger partial charge in [0.25, 0.3) is 0 Å². The minimum absolute atomic E-state index is 0.347. The number of carboxylic acid groups (broad SMARTS) is 1. The van der Waals surface area contributed by atoms with Crippen LogP contribution < -0.4 is 0 Å². The van der Waals surface area contributed by atoms with Crippen molar-refractivity contribution in [2.45, 2.75) is 198 Å². The van der Waals surface area contributed by atoms with Gasteiger partial charge in [-0.2, -0.15) is 0 Å². The third-order valence-corrected chi connectivity index (χ3v) is 8.18. The van der Waals surface area contributed by atoms with E-state index in [0.29, 0.717) is 6.42 Å². The van der Waals surface area contributed by atoms with Gasteiger partial charge in [0.1, 0.15) is 24.4 Å². The fourth-order valence-corrected chi connectivity index (χ4v) is 4.65. The smallest absolute Gasteiger partial charge is 0.303 e. The van der Waals surface area contributed by atoms with Crippen LogP contribution in [0.4, 0.5) is 0 Å². The molecule has 332 valence electrons. The maximum atomic E-state index is 10.4. The molecule has 14 heteroatoms. The predicted molar refractivity (Wildman–Crippen MR) is 214 cm³/mol. The van der Waals surface area contributed by atoms with Gasteiger partial charge in [-0.1, -0.05) is 161 Å². The van der Waals surface area contributed by atoms with Gasteiger partial charge in [-0.3, -0.25) is 4.79 Å². The van der Waals surface area contributed by atoms with Gasteiger partial charge in [0, 0.05) is 6.42 Å². The number of aliphatic hydroxyl groups excluding tert-OH is 12. The maximum absolute atomic E-state index is 10.4. The molecule has 0 amide bonds. The highest BCUT2D eigenvalue weighted by molar-refractivity contribution is 5.66. The largest absolute Gasteiger partial charge is 0.481 e. The first kappa shape index (κ1) is 62.2. The molecule has 0 aliphatic carbocycles. The molecule has 0 aromatic heterocycles. The van der Waals surface area contributed by atoms with Gasteiger partial charge >= 0.3 is 5.97 Å². The molecule has 0 atom stereocenters. The SMILES string of the molecule is CCCCCCCCCCCCCCCCCCCCCCCCCCCC(=O)O.OCC(O)CO.OCC(O)CO.OCC(O)CO.OCC(O)CO. The molecule has 0 rings (SSSR count). The zero-order valence-electron chi connectivity index (χ0n) is 34.1. The molecule has 0 spiro atoms. The zero-order chi connectivity index (χ0) is 41.9. The monoisotopic (exact) mass is 793 g/mol. The fourth-order valence-electron chi connectivity index (χ4n) is 4.65. The van der Waals surface area contributed by atoms with Crippen LogP contribution >= 0.6 is 0 Å². The van der Waals surface area contributed by atoms with Gasteiger partial charge in [0.15, 0.2) is 0 Å². The molecular weight excluding hydrogens is 704 g/mol. The van der Waals surface area contributed by atoms with E-state index in [4.69, 9.17) is 66.4 Å². The van der Waals surface area contributed by atoms with E-state index in [1.807, 2.05) is 0 Å². The summed E-state index contributed by atoms with van der Waals surface area (Å²) in [4.78, 5) is 10.4. The molecule has 14 nitrogen and oxygen atoms in total. The number of unbranched alkanes of at least 4 members (excludes halogenated alkanes) is 24. The van der Waals surface area contributed by atoms with Crippen LogP contribution in [0.2, 0.25) is 0 Å². The average molecular weight is 793 g/mol. The lowest BCUT2D eigenvalue weighted by Crippen LogP contribution is -2.15. The van der Waals surface area contributed by atoms with Crippen molar-refractivity contribution in [2.24, 2.45) is 0 Å². The Morgan fingerprint density at radius 1 is 0.315 bits per heavy atom. The summed E-state index contributed by atoms with van der Waals surface area (Å²) in [5, 5.41) is 105. The first-order valence-corrected chi connectivity index (χ1v) is 20.8. The minimum Gasteiger partial charge on any atom is -0.481 e. The Bertz CT molecular complexity index is 577. The molecule has 0 heterocycles. The van der Waals surface area contributed by atoms with E-state index in [1.54, 1.807) is 0 Å². The summed E-state index contributed by atoms with van der Waals surface area (Å²) in [5.74, 6) is -0.649. The Kier molecular flexibility index (Phi) is 67.6. The van der Waals surface area contributed by atoms with E-state index in [2.05, 4.69) is 6.92 Å². The van der Waals surface area contributed by atoms with Crippen molar-refractivity contribution >= 4 is 5.97 Å². The van der Waals surface area contributed by atoms with Crippen LogP contribution in [-0.4, -0.2) is 150 Å². The Labute approximate surface area is 327 Å². The summed E-state index contributed by atoms with van der Waals surface area (Å²) >= 11 is 0. The Hall–Kier alpha value is -1.01. The van der Waals surface area contributed by atoms with Crippen molar-refractivity contribution in [1.29, 1.82) is 0 Å². The second kappa shape index (κ2) is 58.7. The summed E-state index contributed by atoms with van der Waals surface area (Å²) in [6.07, 6.45) is 31.2. The second-order valence-electron chi connectivity index (χ2n) is 13.7. The summed E-state index contributed by atoms with van der Waals surface area (Å²) in [5.41, 5.74) is 0. The van der Waals surface area contributed by atoms with Gasteiger partial charge in [-0.25, -0.2) is 0 Å². The zero-order valence-corrected chi connectivity index (χ0v) is 34.1. The summed E-state index contributed by atoms with van der Waals surface area (Å²) in [6, 6.07) is 0. The number of carboxylic acids is 1. The van der Waals surface area contributed by atoms with Crippen LogP contribution in [0, 0.1) is 0 Å². The molecule has 0 saturated carbocycles. The topological polar surface area (TPSA) is 280 Å². The third-order valence-electron chi connectivity index (χ3n) is 8.18. The van der Waals surface area contributed by atoms with E-state index in [0.717, 1.165) is 12.8 Å². The molecule has 0 aromatic rings. The lowest BCUT2D eigenvalue weighted by Gasteiger charge is -2.04. The van der Waals surface area contributed by atoms with Crippen LogP contribution in [0.3, 0.4) is 0 Å². The molecule has 54 heavy (non-hydrogen) atoms. The maximum Gasteiger partial charge on any atom is 0.303 e. The molecule has 13 N–H and O–H groups in total. The molecule has 0 aromatic carbocycles. The number of carbonyl (C=O) groups is 1. The number of aliphatic carboxylic acids is 1. The molecule has 0 radical (unpaired) electrons. The van der Waals surface area contributed by atoms with Crippen molar-refractivity contribution in [3.05, 3.63) is 0 Å². The van der Waals surface area contributed by atoms with Crippen LogP contribution in [0.5, 0.6) is 0 Å². The van der Waals surface area contributed by atoms with E-state index < -0.39 is 30.4 Å². The number of rotatable bonds is 34. The van der Waals surface area contributed by atoms with E-state index in [1.165, 1.54) is 148 Å². The Morgan fingerprint density at radius 3 is 0.574 bits per heavy atom. The van der Waals surface area contributed by atoms with Gasteiger partial charge in [0.2, 0.25) is 0 Å². The molecule has 0 saturated heterocycles. The summed E-state index contributed by atoms with van der Waals surface area (Å²) < 4.78 is 0. The van der Waals surface area contributed by atoms with Gasteiger partial charge < -0.3 is 66.4 Å². The molecule has 0 unspecified atom stereocenters. The van der Waals surface area contributed by atoms with Crippen LogP contribution in [0.1, 0.15) is 174 Å². The summed E-state index contributed by atoms with van der Waals surface area (Å²) in [6.45, 7) is -0.623. The highest BCUT2D eigenvalue weighted by Gasteiger charge is 1.99. The quantitative estimate of drug-likeness (QED) is 0.0415. The van der Waals surface area contributed by atoms with Gasteiger partial charge in [0.05, 0.1) is 52.9 Å². The normalized spacial score (nSPS) is 10.7. The van der Waals surface area contributed by atoms with E-state index in [-0.39, 0.29) is 52.9 Å². The van der Waals surface area contributed by atoms with Crippen molar-refractivity contribution in [3.8, 4) is 0 Å². The van der Waals surface area contributed by atoms with Crippen LogP contribution in [-0.2, 0) is 4.79 Å². The van der Waals surface area contributed by atoms with Gasteiger partial charge in [-0.15, -0.1) is 0 Å². The predicted octanol–water partition coefficient (Wildman–Crippen LogP) is 3.56. The Balaban J connectivity index is -0.000000265. The first-order valence-electron chi connectivity index (χ1n) is 20.8. The second-order valence-corrected chi connectivity index (χ2v) is 13.7. The number of hydrogen-bond acceptors (Lipinski definition) is 13. The number of hydrogen-bond donors (Lipinski definition) is 13. The molecule has 0 bridgehead atoms. The Morgan fingerprint density at radius 2 is 0.463 bits per heavy atom. The lowest BCUT2D eigenvalue weighted by atomic mass is 10.0. The van der Waals surface area contributed by atoms with Gasteiger partial charge in [-0.05, 0) is 6.42 Å². The number of aliphatic hydroxyl groups is 12. The summed E-state index contributed by atoms with van der Waals surface area (Å²) in [7, 11) is 0. The van der Waals surface area contributed by atoms with Crippen molar-refractivity contribution in [3.63, 3.8) is 0 Å². The first-order chi connectivity index (χ1) is 26.0. The van der Waals surface area contributed by atoms with Crippen molar-refractivity contribution in [1.82, 2.24) is 0 Å². The minimum atomic E-state index is -0.954. The highest BCUT2D eigenvalue weighted by Crippen LogP contribution is 2.16. The average Bonchev–Trinajstić information content (AvgIpc) is 3.20. The molecular formula is C40H88O14. The van der Waals surface area contributed by atoms with Crippen molar-refractivity contribution in [2.75, 3.05) is 52.9 Å². The molecule has 0 aliphatic heterocycles. The van der Waals surface area contributed by atoms with E-state index >= 15 is 0 Å². The fraction of sp³-hybridized carbons (Fsp3) is 0.975. The van der Waals surface area contributed by atoms with Crippen LogP contribution in [0.15, 0.2) is 0 Å². The van der Waals surface area contributed by atoms with E-state index in [9.17, 15) is 4.79 Å². The molecule has 0 fully saturated rings. The molecule has 0 aliphatic rings. The standard InChI is InChI=1S/C28H56O2.4C3H8O3/c1-2-3-4-5-6-7-8-9-10-11-12-13-14-15-16-17-18-19-20-21-22-23-24-25-26-27-28(29)30;4*4-1-3(6)2-5/h2-27H2,1H3,(H,29,30);4*3-6H,1-2H2. The third kappa shape index (κ3) is 72.3. The van der Waals surface area contributed by atoms with Crippen LogP contribution in [0.25, 0.3) is 0 Å².